The van der Waals surface area contributed by atoms with E-state index in [1.807, 2.05) is 6.92 Å². The van der Waals surface area contributed by atoms with E-state index >= 15 is 0 Å². The van der Waals surface area contributed by atoms with E-state index in [0.29, 0.717) is 5.92 Å². The van der Waals surface area contributed by atoms with Crippen LogP contribution in [0.5, 0.6) is 0 Å². The van der Waals surface area contributed by atoms with Gasteiger partial charge in [0.25, 0.3) is 0 Å². The molecule has 0 saturated heterocycles. The van der Waals surface area contributed by atoms with Gasteiger partial charge in [0, 0.05) is 16.8 Å². The summed E-state index contributed by atoms with van der Waals surface area (Å²) in [6.45, 7) is 6.19. The van der Waals surface area contributed by atoms with Crippen molar-refractivity contribution >= 4 is 21.8 Å². The SMILES string of the molecule is CC(C(=O)NC(C)(C)CCBr)C1CC1. The molecule has 0 spiro atoms. The maximum Gasteiger partial charge on any atom is 0.223 e. The normalized spacial score (nSPS) is 19.1. The second-order valence-electron chi connectivity index (χ2n) is 4.94. The summed E-state index contributed by atoms with van der Waals surface area (Å²) < 4.78 is 0. The molecule has 2 nitrogen and oxygen atoms in total. The molecule has 0 bridgehead atoms. The van der Waals surface area contributed by atoms with Crippen LogP contribution in [0, 0.1) is 11.8 Å². The molecule has 0 aromatic heterocycles. The van der Waals surface area contributed by atoms with Gasteiger partial charge in [-0.25, -0.2) is 0 Å². The Morgan fingerprint density at radius 1 is 1.57 bits per heavy atom. The van der Waals surface area contributed by atoms with E-state index in [0.717, 1.165) is 11.8 Å². The van der Waals surface area contributed by atoms with Crippen LogP contribution in [0.3, 0.4) is 0 Å². The molecule has 0 heterocycles. The van der Waals surface area contributed by atoms with Crippen LogP contribution < -0.4 is 5.32 Å². The zero-order valence-corrected chi connectivity index (χ0v) is 10.9. The van der Waals surface area contributed by atoms with Gasteiger partial charge < -0.3 is 5.32 Å². The molecule has 82 valence electrons. The predicted molar refractivity (Wildman–Crippen MR) is 62.5 cm³/mol. The van der Waals surface area contributed by atoms with Crippen LogP contribution in [0.25, 0.3) is 0 Å². The highest BCUT2D eigenvalue weighted by Crippen LogP contribution is 2.36. The fraction of sp³-hybridized carbons (Fsp3) is 0.909. The summed E-state index contributed by atoms with van der Waals surface area (Å²) in [4.78, 5) is 11.8. The predicted octanol–water partition coefficient (Wildman–Crippen LogP) is 2.71. The molecule has 1 unspecified atom stereocenters. The summed E-state index contributed by atoms with van der Waals surface area (Å²) in [5.74, 6) is 1.07. The maximum absolute atomic E-state index is 11.8. The van der Waals surface area contributed by atoms with Crippen LogP contribution in [0.1, 0.15) is 40.0 Å². The number of hydrogen-bond donors (Lipinski definition) is 1. The van der Waals surface area contributed by atoms with Gasteiger partial charge in [0.05, 0.1) is 0 Å². The van der Waals surface area contributed by atoms with Gasteiger partial charge in [-0.05, 0) is 39.0 Å². The van der Waals surface area contributed by atoms with E-state index in [2.05, 4.69) is 35.1 Å². The lowest BCUT2D eigenvalue weighted by atomic mass is 9.99. The number of halogens is 1. The average Bonchev–Trinajstić information content (AvgIpc) is 2.83. The Labute approximate surface area is 95.0 Å². The second kappa shape index (κ2) is 4.65. The van der Waals surface area contributed by atoms with Crippen molar-refractivity contribution in [3.8, 4) is 0 Å². The molecule has 14 heavy (non-hydrogen) atoms. The highest BCUT2D eigenvalue weighted by atomic mass is 79.9. The van der Waals surface area contributed by atoms with Gasteiger partial charge in [0.2, 0.25) is 5.91 Å². The zero-order chi connectivity index (χ0) is 10.8. The molecule has 0 radical (unpaired) electrons. The highest BCUT2D eigenvalue weighted by Gasteiger charge is 2.34. The first-order valence-electron chi connectivity index (χ1n) is 5.34. The minimum Gasteiger partial charge on any atom is -0.351 e. The molecule has 1 atom stereocenters. The molecular formula is C11H20BrNO. The molecule has 1 rings (SSSR count). The van der Waals surface area contributed by atoms with Gasteiger partial charge in [0.15, 0.2) is 0 Å². The molecule has 1 N–H and O–H groups in total. The Morgan fingerprint density at radius 2 is 2.14 bits per heavy atom. The van der Waals surface area contributed by atoms with Crippen molar-refractivity contribution in [1.82, 2.24) is 5.32 Å². The van der Waals surface area contributed by atoms with E-state index in [4.69, 9.17) is 0 Å². The average molecular weight is 262 g/mol. The third-order valence-electron chi connectivity index (χ3n) is 2.92. The van der Waals surface area contributed by atoms with Crippen molar-refractivity contribution in [1.29, 1.82) is 0 Å². The van der Waals surface area contributed by atoms with Gasteiger partial charge in [-0.3, -0.25) is 4.79 Å². The Morgan fingerprint density at radius 3 is 2.57 bits per heavy atom. The molecule has 1 saturated carbocycles. The van der Waals surface area contributed by atoms with Gasteiger partial charge in [0.1, 0.15) is 0 Å². The van der Waals surface area contributed by atoms with Crippen molar-refractivity contribution in [3.63, 3.8) is 0 Å². The second-order valence-corrected chi connectivity index (χ2v) is 5.73. The topological polar surface area (TPSA) is 29.1 Å². The molecular weight excluding hydrogens is 242 g/mol. The fourth-order valence-electron chi connectivity index (χ4n) is 1.56. The molecule has 3 heteroatoms. The number of rotatable bonds is 5. The summed E-state index contributed by atoms with van der Waals surface area (Å²) >= 11 is 3.40. The van der Waals surface area contributed by atoms with E-state index in [1.165, 1.54) is 12.8 Å². The molecule has 1 aliphatic carbocycles. The lowest BCUT2D eigenvalue weighted by Crippen LogP contribution is -2.46. The summed E-state index contributed by atoms with van der Waals surface area (Å²) in [6, 6.07) is 0. The number of hydrogen-bond acceptors (Lipinski definition) is 1. The highest BCUT2D eigenvalue weighted by molar-refractivity contribution is 9.09. The van der Waals surface area contributed by atoms with Crippen LogP contribution in [-0.2, 0) is 4.79 Å². The van der Waals surface area contributed by atoms with Crippen LogP contribution >= 0.6 is 15.9 Å². The monoisotopic (exact) mass is 261 g/mol. The van der Waals surface area contributed by atoms with E-state index in [9.17, 15) is 4.79 Å². The summed E-state index contributed by atoms with van der Waals surface area (Å²) in [5.41, 5.74) is -0.0796. The number of alkyl halides is 1. The zero-order valence-electron chi connectivity index (χ0n) is 9.27. The van der Waals surface area contributed by atoms with E-state index < -0.39 is 0 Å². The number of nitrogens with one attached hydrogen (secondary N) is 1. The van der Waals surface area contributed by atoms with Gasteiger partial charge in [-0.2, -0.15) is 0 Å². The first-order chi connectivity index (χ1) is 6.46. The van der Waals surface area contributed by atoms with Gasteiger partial charge in [-0.15, -0.1) is 0 Å². The Hall–Kier alpha value is -0.0500. The molecule has 1 amide bonds. The maximum atomic E-state index is 11.8. The quantitative estimate of drug-likeness (QED) is 0.758. The number of carbonyl (C=O) groups excluding carboxylic acids is 1. The lowest BCUT2D eigenvalue weighted by Gasteiger charge is -2.27. The Kier molecular flexibility index (Phi) is 3.99. The standard InChI is InChI=1S/C11H20BrNO/c1-8(9-4-5-9)10(14)13-11(2,3)6-7-12/h8-9H,4-7H2,1-3H3,(H,13,14). The third kappa shape index (κ3) is 3.60. The van der Waals surface area contributed by atoms with Crippen LogP contribution in [0.15, 0.2) is 0 Å². The smallest absolute Gasteiger partial charge is 0.223 e. The van der Waals surface area contributed by atoms with Crippen LogP contribution in [-0.4, -0.2) is 16.8 Å². The van der Waals surface area contributed by atoms with Crippen molar-refractivity contribution in [2.24, 2.45) is 11.8 Å². The molecule has 1 aliphatic rings. The summed E-state index contributed by atoms with van der Waals surface area (Å²) in [5, 5.41) is 4.04. The lowest BCUT2D eigenvalue weighted by molar-refractivity contribution is -0.126. The van der Waals surface area contributed by atoms with Gasteiger partial charge in [-0.1, -0.05) is 22.9 Å². The number of amides is 1. The van der Waals surface area contributed by atoms with Crippen molar-refractivity contribution in [2.45, 2.75) is 45.6 Å². The molecule has 0 aromatic carbocycles. The van der Waals surface area contributed by atoms with Gasteiger partial charge >= 0.3 is 0 Å². The van der Waals surface area contributed by atoms with Crippen molar-refractivity contribution in [2.75, 3.05) is 5.33 Å². The van der Waals surface area contributed by atoms with Crippen molar-refractivity contribution in [3.05, 3.63) is 0 Å². The van der Waals surface area contributed by atoms with E-state index in [-0.39, 0.29) is 17.4 Å². The van der Waals surface area contributed by atoms with E-state index in [1.54, 1.807) is 0 Å². The molecule has 0 aliphatic heterocycles. The van der Waals surface area contributed by atoms with Crippen LogP contribution in [0.4, 0.5) is 0 Å². The van der Waals surface area contributed by atoms with Crippen molar-refractivity contribution < 1.29 is 4.79 Å². The Bertz CT molecular complexity index is 211. The Balaban J connectivity index is 2.37. The molecule has 1 fully saturated rings. The fourth-order valence-corrected chi connectivity index (χ4v) is 2.55. The minimum absolute atomic E-state index is 0.0796. The first-order valence-corrected chi connectivity index (χ1v) is 6.46. The summed E-state index contributed by atoms with van der Waals surface area (Å²) in [7, 11) is 0. The molecule has 0 aromatic rings. The number of carbonyl (C=O) groups is 1. The largest absolute Gasteiger partial charge is 0.351 e. The van der Waals surface area contributed by atoms with Crippen LogP contribution in [0.2, 0.25) is 0 Å². The summed E-state index contributed by atoms with van der Waals surface area (Å²) in [6.07, 6.45) is 3.43. The first kappa shape index (κ1) is 12.0. The minimum atomic E-state index is -0.0796. The third-order valence-corrected chi connectivity index (χ3v) is 3.32.